The molecule has 0 aliphatic heterocycles. The quantitative estimate of drug-likeness (QED) is 0.481. The highest BCUT2D eigenvalue weighted by Gasteiger charge is 2.15. The van der Waals surface area contributed by atoms with Crippen LogP contribution in [0.3, 0.4) is 0 Å². The van der Waals surface area contributed by atoms with Crippen LogP contribution in [-0.2, 0) is 19.4 Å². The number of fused-ring (bicyclic) bond motifs is 1. The van der Waals surface area contributed by atoms with Crippen molar-refractivity contribution in [3.63, 3.8) is 0 Å². The lowest BCUT2D eigenvalue weighted by Crippen LogP contribution is -2.07. The van der Waals surface area contributed by atoms with Crippen LogP contribution < -0.4 is 10.4 Å². The van der Waals surface area contributed by atoms with E-state index in [0.29, 0.717) is 23.1 Å². The Labute approximate surface area is 163 Å². The number of hydrogen-bond acceptors (Lipinski definition) is 3. The molecule has 0 spiro atoms. The Morgan fingerprint density at radius 3 is 2.54 bits per heavy atom. The van der Waals surface area contributed by atoms with Crippen molar-refractivity contribution in [2.45, 2.75) is 52.6 Å². The third kappa shape index (κ3) is 4.41. The number of aryl methyl sites for hydroxylation is 2. The molecule has 0 N–H and O–H groups in total. The predicted octanol–water partition coefficient (Wildman–Crippen LogP) is 5.95. The first kappa shape index (κ1) is 20.1. The highest BCUT2D eigenvalue weighted by Crippen LogP contribution is 2.26. The van der Waals surface area contributed by atoms with Gasteiger partial charge in [-0.2, -0.15) is 0 Å². The van der Waals surface area contributed by atoms with Gasteiger partial charge in [0, 0.05) is 12.0 Å². The van der Waals surface area contributed by atoms with E-state index < -0.39 is 11.4 Å². The summed E-state index contributed by atoms with van der Waals surface area (Å²) in [4.78, 5) is 12.2. The van der Waals surface area contributed by atoms with Crippen molar-refractivity contribution in [3.8, 4) is 5.75 Å². The van der Waals surface area contributed by atoms with Crippen LogP contribution in [0, 0.1) is 11.6 Å². The molecule has 3 nitrogen and oxygen atoms in total. The van der Waals surface area contributed by atoms with Gasteiger partial charge < -0.3 is 9.15 Å². The van der Waals surface area contributed by atoms with E-state index in [-0.39, 0.29) is 23.6 Å². The second-order valence-corrected chi connectivity index (χ2v) is 6.91. The summed E-state index contributed by atoms with van der Waals surface area (Å²) < 4.78 is 39.7. The van der Waals surface area contributed by atoms with Crippen molar-refractivity contribution in [1.29, 1.82) is 0 Å². The van der Waals surface area contributed by atoms with Gasteiger partial charge in [-0.15, -0.1) is 0 Å². The Balaban J connectivity index is 1.83. The summed E-state index contributed by atoms with van der Waals surface area (Å²) in [6, 6.07) is 9.74. The van der Waals surface area contributed by atoms with Gasteiger partial charge in [-0.05, 0) is 42.0 Å². The second kappa shape index (κ2) is 9.00. The standard InChI is InChI=1S/C23H24F2O3/c1-3-5-7-18-13-16-10-11-20(22(25)21(16)23(26)28-18)27-14-17-9-8-15(6-4-2)12-19(17)24/h8-13H,3-7,14H2,1-2H3. The summed E-state index contributed by atoms with van der Waals surface area (Å²) in [5.41, 5.74) is 0.528. The molecule has 3 rings (SSSR count). The Morgan fingerprint density at radius 1 is 1.00 bits per heavy atom. The maximum atomic E-state index is 14.8. The number of halogens is 2. The van der Waals surface area contributed by atoms with Crippen LogP contribution in [0.4, 0.5) is 8.78 Å². The van der Waals surface area contributed by atoms with Crippen LogP contribution in [-0.4, -0.2) is 0 Å². The monoisotopic (exact) mass is 386 g/mol. The lowest BCUT2D eigenvalue weighted by Gasteiger charge is -2.11. The fraction of sp³-hybridized carbons (Fsp3) is 0.348. The van der Waals surface area contributed by atoms with Crippen molar-refractivity contribution in [1.82, 2.24) is 0 Å². The SMILES string of the molecule is CCCCc1cc2ccc(OCc3ccc(CCC)cc3F)c(F)c2c(=O)o1. The minimum atomic E-state index is -0.781. The molecule has 2 aromatic carbocycles. The smallest absolute Gasteiger partial charge is 0.346 e. The molecule has 28 heavy (non-hydrogen) atoms. The van der Waals surface area contributed by atoms with E-state index in [1.807, 2.05) is 19.9 Å². The maximum absolute atomic E-state index is 14.8. The van der Waals surface area contributed by atoms with Gasteiger partial charge in [-0.25, -0.2) is 13.6 Å². The minimum absolute atomic E-state index is 0.0989. The van der Waals surface area contributed by atoms with Crippen LogP contribution in [0.25, 0.3) is 10.8 Å². The normalized spacial score (nSPS) is 11.1. The number of hydrogen-bond donors (Lipinski definition) is 0. The summed E-state index contributed by atoms with van der Waals surface area (Å²) >= 11 is 0. The first-order chi connectivity index (χ1) is 13.5. The number of rotatable bonds is 8. The average Bonchev–Trinajstić information content (AvgIpc) is 2.67. The van der Waals surface area contributed by atoms with E-state index in [4.69, 9.17) is 9.15 Å². The molecule has 5 heteroatoms. The molecule has 1 aromatic heterocycles. The highest BCUT2D eigenvalue weighted by atomic mass is 19.1. The first-order valence-corrected chi connectivity index (χ1v) is 9.68. The van der Waals surface area contributed by atoms with Gasteiger partial charge in [0.2, 0.25) is 0 Å². The van der Waals surface area contributed by atoms with Gasteiger partial charge in [-0.3, -0.25) is 0 Å². The third-order valence-corrected chi connectivity index (χ3v) is 4.70. The molecule has 0 fully saturated rings. The Hall–Kier alpha value is -2.69. The van der Waals surface area contributed by atoms with Gasteiger partial charge in [0.25, 0.3) is 0 Å². The number of unbranched alkanes of at least 4 members (excludes halogenated alkanes) is 1. The molecule has 0 saturated heterocycles. The van der Waals surface area contributed by atoms with E-state index in [9.17, 15) is 13.6 Å². The first-order valence-electron chi connectivity index (χ1n) is 9.68. The summed E-state index contributed by atoms with van der Waals surface area (Å²) in [5.74, 6) is -0.719. The molecule has 0 aliphatic rings. The average molecular weight is 386 g/mol. The number of ether oxygens (including phenoxy) is 1. The summed E-state index contributed by atoms with van der Waals surface area (Å²) in [6.07, 6.45) is 4.22. The van der Waals surface area contributed by atoms with Crippen LogP contribution in [0.15, 0.2) is 45.6 Å². The van der Waals surface area contributed by atoms with E-state index in [1.165, 1.54) is 12.1 Å². The molecule has 0 radical (unpaired) electrons. The third-order valence-electron chi connectivity index (χ3n) is 4.70. The van der Waals surface area contributed by atoms with Crippen LogP contribution in [0.1, 0.15) is 50.0 Å². The fourth-order valence-electron chi connectivity index (χ4n) is 3.17. The van der Waals surface area contributed by atoms with Gasteiger partial charge in [-0.1, -0.05) is 44.9 Å². The highest BCUT2D eigenvalue weighted by molar-refractivity contribution is 5.83. The topological polar surface area (TPSA) is 39.4 Å². The molecule has 1 heterocycles. The molecule has 3 aromatic rings. The van der Waals surface area contributed by atoms with E-state index in [2.05, 4.69) is 0 Å². The lowest BCUT2D eigenvalue weighted by atomic mass is 10.1. The zero-order chi connectivity index (χ0) is 20.1. The Kier molecular flexibility index (Phi) is 6.45. The fourth-order valence-corrected chi connectivity index (χ4v) is 3.17. The summed E-state index contributed by atoms with van der Waals surface area (Å²) in [5, 5.41) is 0.332. The van der Waals surface area contributed by atoms with Crippen molar-refractivity contribution in [3.05, 3.63) is 75.3 Å². The summed E-state index contributed by atoms with van der Waals surface area (Å²) in [7, 11) is 0. The molecule has 0 saturated carbocycles. The maximum Gasteiger partial charge on any atom is 0.346 e. The van der Waals surface area contributed by atoms with E-state index in [0.717, 1.165) is 31.2 Å². The Bertz CT molecular complexity index is 1020. The van der Waals surface area contributed by atoms with E-state index in [1.54, 1.807) is 18.2 Å². The Morgan fingerprint density at radius 2 is 1.82 bits per heavy atom. The van der Waals surface area contributed by atoms with Gasteiger partial charge >= 0.3 is 5.63 Å². The van der Waals surface area contributed by atoms with Crippen LogP contribution in [0.2, 0.25) is 0 Å². The number of benzene rings is 2. The molecule has 0 amide bonds. The summed E-state index contributed by atoms with van der Waals surface area (Å²) in [6.45, 7) is 3.95. The van der Waals surface area contributed by atoms with E-state index >= 15 is 0 Å². The van der Waals surface area contributed by atoms with Crippen molar-refractivity contribution >= 4 is 10.8 Å². The van der Waals surface area contributed by atoms with Crippen molar-refractivity contribution in [2.24, 2.45) is 0 Å². The molecule has 0 aliphatic carbocycles. The molecule has 0 bridgehead atoms. The minimum Gasteiger partial charge on any atom is -0.486 e. The lowest BCUT2D eigenvalue weighted by molar-refractivity contribution is 0.285. The molecule has 0 atom stereocenters. The zero-order valence-corrected chi connectivity index (χ0v) is 16.2. The van der Waals surface area contributed by atoms with Crippen LogP contribution >= 0.6 is 0 Å². The van der Waals surface area contributed by atoms with Crippen molar-refractivity contribution < 1.29 is 17.9 Å². The molecular weight excluding hydrogens is 362 g/mol. The van der Waals surface area contributed by atoms with Crippen LogP contribution in [0.5, 0.6) is 5.75 Å². The molecule has 0 unspecified atom stereocenters. The predicted molar refractivity (Wildman–Crippen MR) is 106 cm³/mol. The molecule has 148 valence electrons. The van der Waals surface area contributed by atoms with Gasteiger partial charge in [0.15, 0.2) is 11.6 Å². The zero-order valence-electron chi connectivity index (χ0n) is 16.2. The van der Waals surface area contributed by atoms with Gasteiger partial charge in [0.1, 0.15) is 23.6 Å². The second-order valence-electron chi connectivity index (χ2n) is 6.91. The largest absolute Gasteiger partial charge is 0.486 e. The van der Waals surface area contributed by atoms with Gasteiger partial charge in [0.05, 0.1) is 0 Å². The van der Waals surface area contributed by atoms with Crippen molar-refractivity contribution in [2.75, 3.05) is 0 Å². The molecular formula is C23H24F2O3.